The summed E-state index contributed by atoms with van der Waals surface area (Å²) in [5, 5.41) is 3.32. The van der Waals surface area contributed by atoms with Gasteiger partial charge >= 0.3 is 6.03 Å². The number of hydrogen-bond acceptors (Lipinski definition) is 2. The van der Waals surface area contributed by atoms with Gasteiger partial charge in [-0.1, -0.05) is 18.5 Å². The monoisotopic (exact) mass is 241 g/mol. The fourth-order valence-electron chi connectivity index (χ4n) is 1.27. The van der Waals surface area contributed by atoms with Gasteiger partial charge in [0.25, 0.3) is 0 Å². The molecule has 2 amide bonds. The molecule has 0 aliphatic carbocycles. The van der Waals surface area contributed by atoms with Gasteiger partial charge in [0.05, 0.1) is 11.4 Å². The largest absolute Gasteiger partial charge is 0.397 e. The van der Waals surface area contributed by atoms with E-state index >= 15 is 0 Å². The zero-order valence-electron chi connectivity index (χ0n) is 9.46. The number of benzene rings is 1. The number of amides is 2. The van der Waals surface area contributed by atoms with E-state index < -0.39 is 0 Å². The van der Waals surface area contributed by atoms with Gasteiger partial charge in [-0.05, 0) is 24.6 Å². The van der Waals surface area contributed by atoms with Crippen molar-refractivity contribution in [2.45, 2.75) is 13.3 Å². The number of nitrogens with two attached hydrogens (primary N) is 1. The molecule has 0 spiro atoms. The zero-order valence-corrected chi connectivity index (χ0v) is 10.2. The van der Waals surface area contributed by atoms with Crippen LogP contribution in [0.25, 0.3) is 0 Å². The van der Waals surface area contributed by atoms with Crippen LogP contribution in [0.2, 0.25) is 5.02 Å². The van der Waals surface area contributed by atoms with Gasteiger partial charge < -0.3 is 11.1 Å². The molecular weight excluding hydrogens is 226 g/mol. The van der Waals surface area contributed by atoms with E-state index in [0.717, 1.165) is 6.42 Å². The van der Waals surface area contributed by atoms with Crippen LogP contribution in [0.15, 0.2) is 18.2 Å². The summed E-state index contributed by atoms with van der Waals surface area (Å²) in [6.07, 6.45) is 0.893. The Morgan fingerprint density at radius 3 is 2.88 bits per heavy atom. The molecule has 3 N–H and O–H groups in total. The zero-order chi connectivity index (χ0) is 12.1. The third kappa shape index (κ3) is 3.03. The van der Waals surface area contributed by atoms with Crippen LogP contribution >= 0.6 is 11.6 Å². The van der Waals surface area contributed by atoms with Gasteiger partial charge in [0.1, 0.15) is 0 Å². The molecule has 4 nitrogen and oxygen atoms in total. The van der Waals surface area contributed by atoms with Crippen molar-refractivity contribution in [2.75, 3.05) is 24.2 Å². The quantitative estimate of drug-likeness (QED) is 0.799. The van der Waals surface area contributed by atoms with E-state index in [9.17, 15) is 4.79 Å². The first-order valence-electron chi connectivity index (χ1n) is 5.12. The summed E-state index contributed by atoms with van der Waals surface area (Å²) in [6.45, 7) is 2.64. The molecular formula is C11H16ClN3O. The molecule has 0 radical (unpaired) electrons. The fourth-order valence-corrected chi connectivity index (χ4v) is 1.43. The molecule has 0 fully saturated rings. The number of carbonyl (C=O) groups excluding carboxylic acids is 1. The maximum absolute atomic E-state index is 11.7. The maximum atomic E-state index is 11.7. The summed E-state index contributed by atoms with van der Waals surface area (Å²) >= 11 is 5.86. The Bertz CT molecular complexity index is 381. The van der Waals surface area contributed by atoms with Crippen molar-refractivity contribution in [3.05, 3.63) is 23.2 Å². The van der Waals surface area contributed by atoms with Crippen LogP contribution in [0, 0.1) is 0 Å². The number of hydrogen-bond donors (Lipinski definition) is 2. The first kappa shape index (κ1) is 12.6. The van der Waals surface area contributed by atoms with Crippen LogP contribution < -0.4 is 16.0 Å². The lowest BCUT2D eigenvalue weighted by molar-refractivity contribution is 0.247. The Morgan fingerprint density at radius 1 is 1.56 bits per heavy atom. The molecule has 0 aliphatic rings. The second kappa shape index (κ2) is 5.61. The van der Waals surface area contributed by atoms with Crippen LogP contribution in [0.4, 0.5) is 16.2 Å². The summed E-state index contributed by atoms with van der Waals surface area (Å²) in [4.78, 5) is 13.1. The molecule has 0 aromatic heterocycles. The summed E-state index contributed by atoms with van der Waals surface area (Å²) < 4.78 is 0. The van der Waals surface area contributed by atoms with Crippen LogP contribution in [0.5, 0.6) is 0 Å². The van der Waals surface area contributed by atoms with E-state index in [0.29, 0.717) is 22.9 Å². The number of urea groups is 1. The second-order valence-corrected chi connectivity index (χ2v) is 3.93. The molecule has 0 unspecified atom stereocenters. The molecule has 0 aliphatic heterocycles. The number of rotatable bonds is 3. The van der Waals surface area contributed by atoms with Crippen molar-refractivity contribution in [2.24, 2.45) is 0 Å². The van der Waals surface area contributed by atoms with E-state index in [-0.39, 0.29) is 6.03 Å². The maximum Gasteiger partial charge on any atom is 0.321 e. The van der Waals surface area contributed by atoms with Crippen LogP contribution in [0.1, 0.15) is 13.3 Å². The lowest BCUT2D eigenvalue weighted by atomic mass is 10.2. The Labute approximate surface area is 100 Å². The first-order chi connectivity index (χ1) is 7.56. The molecule has 1 aromatic rings. The van der Waals surface area contributed by atoms with Crippen molar-refractivity contribution in [1.29, 1.82) is 0 Å². The molecule has 5 heteroatoms. The Morgan fingerprint density at radius 2 is 2.25 bits per heavy atom. The standard InChI is InChI=1S/C11H16ClN3O/c1-3-6-14-11(16)15(2)10-7-8(12)4-5-9(10)13/h4-5,7H,3,6,13H2,1-2H3,(H,14,16). The minimum Gasteiger partial charge on any atom is -0.397 e. The predicted octanol–water partition coefficient (Wildman–Crippen LogP) is 2.48. The van der Waals surface area contributed by atoms with Crippen LogP contribution in [0.3, 0.4) is 0 Å². The predicted molar refractivity (Wildman–Crippen MR) is 68.0 cm³/mol. The summed E-state index contributed by atoms with van der Waals surface area (Å²) in [6, 6.07) is 4.86. The molecule has 16 heavy (non-hydrogen) atoms. The van der Waals surface area contributed by atoms with Crippen molar-refractivity contribution in [1.82, 2.24) is 5.32 Å². The first-order valence-corrected chi connectivity index (χ1v) is 5.50. The molecule has 0 bridgehead atoms. The van der Waals surface area contributed by atoms with Gasteiger partial charge in [0.2, 0.25) is 0 Å². The van der Waals surface area contributed by atoms with Crippen LogP contribution in [-0.2, 0) is 0 Å². The molecule has 0 heterocycles. The van der Waals surface area contributed by atoms with E-state index in [1.165, 1.54) is 4.90 Å². The number of carbonyl (C=O) groups is 1. The smallest absolute Gasteiger partial charge is 0.321 e. The number of halogens is 1. The Hall–Kier alpha value is -1.42. The second-order valence-electron chi connectivity index (χ2n) is 3.49. The lowest BCUT2D eigenvalue weighted by Crippen LogP contribution is -2.37. The van der Waals surface area contributed by atoms with Gasteiger partial charge in [-0.2, -0.15) is 0 Å². The molecule has 1 rings (SSSR count). The molecule has 0 saturated heterocycles. The third-order valence-corrected chi connectivity index (χ3v) is 2.42. The number of nitrogen functional groups attached to an aromatic ring is 1. The fraction of sp³-hybridized carbons (Fsp3) is 0.364. The normalized spacial score (nSPS) is 9.94. The number of nitrogens with one attached hydrogen (secondary N) is 1. The van der Waals surface area contributed by atoms with Crippen molar-refractivity contribution in [3.63, 3.8) is 0 Å². The minimum absolute atomic E-state index is 0.184. The average Bonchev–Trinajstić information content (AvgIpc) is 2.28. The highest BCUT2D eigenvalue weighted by Crippen LogP contribution is 2.25. The summed E-state index contributed by atoms with van der Waals surface area (Å²) in [7, 11) is 1.66. The minimum atomic E-state index is -0.184. The van der Waals surface area contributed by atoms with Crippen molar-refractivity contribution >= 4 is 29.0 Å². The number of nitrogens with zero attached hydrogens (tertiary/aromatic N) is 1. The highest BCUT2D eigenvalue weighted by atomic mass is 35.5. The van der Waals surface area contributed by atoms with Gasteiger partial charge in [-0.15, -0.1) is 0 Å². The van der Waals surface area contributed by atoms with E-state index in [4.69, 9.17) is 17.3 Å². The van der Waals surface area contributed by atoms with Gasteiger partial charge in [0, 0.05) is 18.6 Å². The topological polar surface area (TPSA) is 58.4 Å². The highest BCUT2D eigenvalue weighted by Gasteiger charge is 2.12. The van der Waals surface area contributed by atoms with Gasteiger partial charge in [-0.3, -0.25) is 4.90 Å². The van der Waals surface area contributed by atoms with Crippen molar-refractivity contribution in [3.8, 4) is 0 Å². The molecule has 0 atom stereocenters. The molecule has 1 aromatic carbocycles. The van der Waals surface area contributed by atoms with Crippen LogP contribution in [-0.4, -0.2) is 19.6 Å². The third-order valence-electron chi connectivity index (χ3n) is 2.18. The summed E-state index contributed by atoms with van der Waals surface area (Å²) in [5.41, 5.74) is 6.92. The van der Waals surface area contributed by atoms with Gasteiger partial charge in [-0.25, -0.2) is 4.79 Å². The molecule has 88 valence electrons. The number of anilines is 2. The van der Waals surface area contributed by atoms with E-state index in [1.807, 2.05) is 6.92 Å². The Balaban J connectivity index is 2.82. The van der Waals surface area contributed by atoms with Gasteiger partial charge in [0.15, 0.2) is 0 Å². The Kier molecular flexibility index (Phi) is 4.43. The average molecular weight is 242 g/mol. The van der Waals surface area contributed by atoms with E-state index in [2.05, 4.69) is 5.32 Å². The molecule has 0 saturated carbocycles. The summed E-state index contributed by atoms with van der Waals surface area (Å²) in [5.74, 6) is 0. The highest BCUT2D eigenvalue weighted by molar-refractivity contribution is 6.31. The van der Waals surface area contributed by atoms with Crippen molar-refractivity contribution < 1.29 is 4.79 Å². The lowest BCUT2D eigenvalue weighted by Gasteiger charge is -2.19. The van der Waals surface area contributed by atoms with E-state index in [1.54, 1.807) is 25.2 Å². The SMILES string of the molecule is CCCNC(=O)N(C)c1cc(Cl)ccc1N.